The van der Waals surface area contributed by atoms with Crippen LogP contribution in [0, 0.1) is 0 Å². The highest BCUT2D eigenvalue weighted by Crippen LogP contribution is 2.35. The highest BCUT2D eigenvalue weighted by Gasteiger charge is 2.18. The number of benzene rings is 1. The standard InChI is InChI=1S/C12H16N2O4.ClH/c1-16-6-9(13)12(15)14-5-8-3-2-4-10-11(8)18-7-17-10;/h2-4,9H,5-7,13H2,1H3,(H,14,15);1H. The number of amides is 1. The number of fused-ring (bicyclic) bond motifs is 1. The summed E-state index contributed by atoms with van der Waals surface area (Å²) in [5.41, 5.74) is 6.48. The van der Waals surface area contributed by atoms with E-state index in [1.165, 1.54) is 7.11 Å². The van der Waals surface area contributed by atoms with Crippen LogP contribution in [0.15, 0.2) is 18.2 Å². The van der Waals surface area contributed by atoms with E-state index in [1.54, 1.807) is 0 Å². The summed E-state index contributed by atoms with van der Waals surface area (Å²) in [6, 6.07) is 4.88. The van der Waals surface area contributed by atoms with Crippen molar-refractivity contribution in [1.82, 2.24) is 5.32 Å². The second-order valence-corrected chi connectivity index (χ2v) is 3.93. The lowest BCUT2D eigenvalue weighted by atomic mass is 10.2. The average Bonchev–Trinajstić information content (AvgIpc) is 2.84. The van der Waals surface area contributed by atoms with Crippen molar-refractivity contribution in [2.45, 2.75) is 12.6 Å². The second-order valence-electron chi connectivity index (χ2n) is 3.93. The maximum absolute atomic E-state index is 11.6. The number of hydrogen-bond acceptors (Lipinski definition) is 5. The van der Waals surface area contributed by atoms with Gasteiger partial charge in [-0.15, -0.1) is 12.4 Å². The van der Waals surface area contributed by atoms with Crippen LogP contribution in [0.5, 0.6) is 11.5 Å². The molecule has 106 valence electrons. The molecule has 0 aliphatic carbocycles. The predicted molar refractivity (Wildman–Crippen MR) is 71.5 cm³/mol. The summed E-state index contributed by atoms with van der Waals surface area (Å²) in [6.07, 6.45) is 0. The molecule has 2 rings (SSSR count). The van der Waals surface area contributed by atoms with Crippen LogP contribution in [-0.2, 0) is 16.1 Å². The van der Waals surface area contributed by atoms with Gasteiger partial charge < -0.3 is 25.3 Å². The lowest BCUT2D eigenvalue weighted by Crippen LogP contribution is -2.43. The first-order valence-corrected chi connectivity index (χ1v) is 5.62. The van der Waals surface area contributed by atoms with Gasteiger partial charge in [0.25, 0.3) is 0 Å². The smallest absolute Gasteiger partial charge is 0.239 e. The summed E-state index contributed by atoms with van der Waals surface area (Å²) < 4.78 is 15.4. The quantitative estimate of drug-likeness (QED) is 0.821. The highest BCUT2D eigenvalue weighted by atomic mass is 35.5. The first-order chi connectivity index (χ1) is 8.72. The Morgan fingerprint density at radius 1 is 1.53 bits per heavy atom. The fraction of sp³-hybridized carbons (Fsp3) is 0.417. The molecule has 6 nitrogen and oxygen atoms in total. The van der Waals surface area contributed by atoms with Crippen molar-refractivity contribution in [3.8, 4) is 11.5 Å². The second kappa shape index (κ2) is 7.18. The van der Waals surface area contributed by atoms with Crippen LogP contribution in [0.25, 0.3) is 0 Å². The minimum Gasteiger partial charge on any atom is -0.454 e. The Labute approximate surface area is 117 Å². The molecule has 1 amide bonds. The first-order valence-electron chi connectivity index (χ1n) is 5.62. The van der Waals surface area contributed by atoms with E-state index >= 15 is 0 Å². The Kier molecular flexibility index (Phi) is 5.88. The van der Waals surface area contributed by atoms with Crippen molar-refractivity contribution in [3.05, 3.63) is 23.8 Å². The molecule has 19 heavy (non-hydrogen) atoms. The van der Waals surface area contributed by atoms with E-state index < -0.39 is 6.04 Å². The summed E-state index contributed by atoms with van der Waals surface area (Å²) in [5.74, 6) is 1.12. The Hall–Kier alpha value is -1.50. The number of hydrogen-bond donors (Lipinski definition) is 2. The topological polar surface area (TPSA) is 82.8 Å². The van der Waals surface area contributed by atoms with Crippen LogP contribution in [0.1, 0.15) is 5.56 Å². The number of nitrogens with two attached hydrogens (primary N) is 1. The zero-order valence-electron chi connectivity index (χ0n) is 10.5. The van der Waals surface area contributed by atoms with Crippen LogP contribution in [0.2, 0.25) is 0 Å². The summed E-state index contributed by atoms with van der Waals surface area (Å²) in [5, 5.41) is 2.73. The number of ether oxygens (including phenoxy) is 3. The van der Waals surface area contributed by atoms with Gasteiger partial charge in [-0.1, -0.05) is 12.1 Å². The Balaban J connectivity index is 0.00000180. The molecule has 1 aliphatic rings. The fourth-order valence-electron chi connectivity index (χ4n) is 1.70. The van der Waals surface area contributed by atoms with E-state index in [0.717, 1.165) is 5.56 Å². The number of carbonyl (C=O) groups excluding carboxylic acids is 1. The lowest BCUT2D eigenvalue weighted by Gasteiger charge is -2.12. The van der Waals surface area contributed by atoms with Crippen LogP contribution in [0.4, 0.5) is 0 Å². The van der Waals surface area contributed by atoms with Crippen molar-refractivity contribution in [1.29, 1.82) is 0 Å². The molecule has 7 heteroatoms. The third-order valence-electron chi connectivity index (χ3n) is 2.61. The van der Waals surface area contributed by atoms with Gasteiger partial charge in [-0.25, -0.2) is 0 Å². The summed E-state index contributed by atoms with van der Waals surface area (Å²) in [6.45, 7) is 0.755. The molecule has 0 saturated heterocycles. The molecule has 0 aromatic heterocycles. The third kappa shape index (κ3) is 3.73. The number of methoxy groups -OCH3 is 1. The van der Waals surface area contributed by atoms with Crippen molar-refractivity contribution in [2.75, 3.05) is 20.5 Å². The number of carbonyl (C=O) groups is 1. The molecular weight excluding hydrogens is 272 g/mol. The largest absolute Gasteiger partial charge is 0.454 e. The SMILES string of the molecule is COCC(N)C(=O)NCc1cccc2c1OCO2.Cl. The maximum atomic E-state index is 11.6. The van der Waals surface area contributed by atoms with Gasteiger partial charge in [-0.3, -0.25) is 4.79 Å². The number of halogens is 1. The summed E-state index contributed by atoms with van der Waals surface area (Å²) in [7, 11) is 1.50. The molecule has 0 saturated carbocycles. The molecule has 0 fully saturated rings. The van der Waals surface area contributed by atoms with Gasteiger partial charge in [0.05, 0.1) is 6.61 Å². The van der Waals surface area contributed by atoms with Crippen molar-refractivity contribution >= 4 is 18.3 Å². The van der Waals surface area contributed by atoms with E-state index in [4.69, 9.17) is 19.9 Å². The van der Waals surface area contributed by atoms with Gasteiger partial charge in [0.1, 0.15) is 6.04 Å². The van der Waals surface area contributed by atoms with Crippen LogP contribution < -0.4 is 20.5 Å². The van der Waals surface area contributed by atoms with E-state index in [1.807, 2.05) is 18.2 Å². The van der Waals surface area contributed by atoms with E-state index in [9.17, 15) is 4.79 Å². The van der Waals surface area contributed by atoms with Gasteiger partial charge in [-0.2, -0.15) is 0 Å². The van der Waals surface area contributed by atoms with Crippen LogP contribution >= 0.6 is 12.4 Å². The fourth-order valence-corrected chi connectivity index (χ4v) is 1.70. The van der Waals surface area contributed by atoms with E-state index in [0.29, 0.717) is 18.0 Å². The number of rotatable bonds is 5. The Morgan fingerprint density at radius 3 is 3.05 bits per heavy atom. The van der Waals surface area contributed by atoms with Crippen molar-refractivity contribution < 1.29 is 19.0 Å². The zero-order chi connectivity index (χ0) is 13.0. The van der Waals surface area contributed by atoms with Crippen LogP contribution in [0.3, 0.4) is 0 Å². The third-order valence-corrected chi connectivity index (χ3v) is 2.61. The molecule has 0 spiro atoms. The van der Waals surface area contributed by atoms with Gasteiger partial charge in [0.15, 0.2) is 11.5 Å². The first kappa shape index (κ1) is 15.6. The minimum absolute atomic E-state index is 0. The summed E-state index contributed by atoms with van der Waals surface area (Å²) in [4.78, 5) is 11.6. The molecule has 1 aromatic carbocycles. The molecule has 1 unspecified atom stereocenters. The molecule has 1 heterocycles. The zero-order valence-corrected chi connectivity index (χ0v) is 11.4. The van der Waals surface area contributed by atoms with Gasteiger partial charge in [0.2, 0.25) is 12.7 Å². The summed E-state index contributed by atoms with van der Waals surface area (Å²) >= 11 is 0. The molecule has 0 bridgehead atoms. The average molecular weight is 289 g/mol. The predicted octanol–water partition coefficient (Wildman–Crippen LogP) is 0.427. The number of para-hydroxylation sites is 1. The Morgan fingerprint density at radius 2 is 2.32 bits per heavy atom. The molecule has 1 atom stereocenters. The van der Waals surface area contributed by atoms with Crippen LogP contribution in [-0.4, -0.2) is 32.5 Å². The number of nitrogens with one attached hydrogen (secondary N) is 1. The van der Waals surface area contributed by atoms with Crippen molar-refractivity contribution in [2.24, 2.45) is 5.73 Å². The lowest BCUT2D eigenvalue weighted by molar-refractivity contribution is -0.123. The highest BCUT2D eigenvalue weighted by molar-refractivity contribution is 5.85. The van der Waals surface area contributed by atoms with Crippen molar-refractivity contribution in [3.63, 3.8) is 0 Å². The molecule has 3 N–H and O–H groups in total. The Bertz CT molecular complexity index is 442. The minimum atomic E-state index is -0.663. The molecular formula is C12H17ClN2O4. The molecule has 0 radical (unpaired) electrons. The normalized spacial score (nSPS) is 13.6. The van der Waals surface area contributed by atoms with Gasteiger partial charge in [0, 0.05) is 19.2 Å². The van der Waals surface area contributed by atoms with Gasteiger partial charge >= 0.3 is 0 Å². The maximum Gasteiger partial charge on any atom is 0.239 e. The molecule has 1 aromatic rings. The van der Waals surface area contributed by atoms with E-state index in [-0.39, 0.29) is 31.7 Å². The van der Waals surface area contributed by atoms with E-state index in [2.05, 4.69) is 5.32 Å². The monoisotopic (exact) mass is 288 g/mol. The van der Waals surface area contributed by atoms with Gasteiger partial charge in [-0.05, 0) is 6.07 Å². The molecule has 1 aliphatic heterocycles.